The lowest BCUT2D eigenvalue weighted by molar-refractivity contribution is -0.137. The van der Waals surface area contributed by atoms with E-state index in [2.05, 4.69) is 16.7 Å². The van der Waals surface area contributed by atoms with Gasteiger partial charge in [0.2, 0.25) is 5.96 Å². The molecule has 1 aromatic rings. The first-order valence-corrected chi connectivity index (χ1v) is 13.0. The second kappa shape index (κ2) is 11.1. The number of urea groups is 1. The van der Waals surface area contributed by atoms with Gasteiger partial charge in [-0.1, -0.05) is 51.9 Å². The third-order valence-electron chi connectivity index (χ3n) is 7.07. The van der Waals surface area contributed by atoms with Gasteiger partial charge in [-0.05, 0) is 37.6 Å². The van der Waals surface area contributed by atoms with E-state index in [1.54, 1.807) is 11.9 Å². The predicted molar refractivity (Wildman–Crippen MR) is 134 cm³/mol. The van der Waals surface area contributed by atoms with Gasteiger partial charge in [-0.25, -0.2) is 9.79 Å². The number of fused-ring (bicyclic) bond motifs is 3. The van der Waals surface area contributed by atoms with E-state index in [4.69, 9.17) is 9.73 Å². The maximum absolute atomic E-state index is 13.4. The van der Waals surface area contributed by atoms with Crippen LogP contribution in [0.5, 0.6) is 5.75 Å². The van der Waals surface area contributed by atoms with Gasteiger partial charge in [-0.15, -0.1) is 0 Å². The van der Waals surface area contributed by atoms with E-state index in [1.165, 1.54) is 37.0 Å². The van der Waals surface area contributed by atoms with Crippen LogP contribution in [-0.2, 0) is 4.79 Å². The van der Waals surface area contributed by atoms with E-state index in [-0.39, 0.29) is 11.9 Å². The van der Waals surface area contributed by atoms with Crippen molar-refractivity contribution in [1.29, 1.82) is 0 Å². The minimum atomic E-state index is -0.463. The number of nitrogens with zero attached hydrogens (tertiary/aromatic N) is 5. The van der Waals surface area contributed by atoms with Gasteiger partial charge in [-0.3, -0.25) is 9.69 Å². The summed E-state index contributed by atoms with van der Waals surface area (Å²) in [6, 6.07) is 7.29. The summed E-state index contributed by atoms with van der Waals surface area (Å²) in [6.45, 7) is 6.79. The van der Waals surface area contributed by atoms with Crippen molar-refractivity contribution in [3.8, 4) is 5.75 Å². The number of likely N-dealkylation sites (N-methyl/N-ethyl adjacent to an activating group) is 1. The molecule has 2 fully saturated rings. The van der Waals surface area contributed by atoms with Gasteiger partial charge >= 0.3 is 6.03 Å². The average molecular weight is 470 g/mol. The van der Waals surface area contributed by atoms with Gasteiger partial charge in [0, 0.05) is 32.4 Å². The second-order valence-electron chi connectivity index (χ2n) is 9.42. The highest BCUT2D eigenvalue weighted by molar-refractivity contribution is 6.08. The Morgan fingerprint density at radius 2 is 1.62 bits per heavy atom. The standard InChI is InChI=1S/C26H39N5O3/c1-4-6-7-8-9-10-11-12-17-31-24(32)22-23(28(3)26(31)33)27-25-29(18-19-30(22)25)20-13-15-21(16-14-20)34-5-2/h13-16,22-23H,4-12,17-19H2,1-3H3. The van der Waals surface area contributed by atoms with Crippen LogP contribution >= 0.6 is 0 Å². The van der Waals surface area contributed by atoms with Crippen LogP contribution in [0.25, 0.3) is 0 Å². The molecule has 0 N–H and O–H groups in total. The Kier molecular flexibility index (Phi) is 7.95. The summed E-state index contributed by atoms with van der Waals surface area (Å²) in [7, 11) is 1.76. The smallest absolute Gasteiger partial charge is 0.328 e. The molecule has 2 saturated heterocycles. The fourth-order valence-electron chi connectivity index (χ4n) is 5.18. The predicted octanol–water partition coefficient (Wildman–Crippen LogP) is 4.31. The molecule has 3 amide bonds. The van der Waals surface area contributed by atoms with E-state index < -0.39 is 12.2 Å². The Balaban J connectivity index is 1.36. The number of ether oxygens (including phenoxy) is 1. The number of imide groups is 1. The van der Waals surface area contributed by atoms with E-state index in [9.17, 15) is 9.59 Å². The number of carbonyl (C=O) groups excluding carboxylic acids is 2. The molecule has 8 nitrogen and oxygen atoms in total. The molecule has 2 unspecified atom stereocenters. The summed E-state index contributed by atoms with van der Waals surface area (Å²) >= 11 is 0. The minimum absolute atomic E-state index is 0.108. The number of guanidine groups is 1. The van der Waals surface area contributed by atoms with Crippen LogP contribution in [0, 0.1) is 0 Å². The van der Waals surface area contributed by atoms with Crippen LogP contribution in [0.2, 0.25) is 0 Å². The van der Waals surface area contributed by atoms with Crippen LogP contribution in [0.3, 0.4) is 0 Å². The maximum atomic E-state index is 13.4. The number of amides is 3. The Hall–Kier alpha value is -2.77. The lowest BCUT2D eigenvalue weighted by Gasteiger charge is -2.40. The zero-order valence-corrected chi connectivity index (χ0v) is 20.9. The van der Waals surface area contributed by atoms with Crippen LogP contribution < -0.4 is 9.64 Å². The summed E-state index contributed by atoms with van der Waals surface area (Å²) in [4.78, 5) is 38.6. The third kappa shape index (κ3) is 4.86. The van der Waals surface area contributed by atoms with E-state index >= 15 is 0 Å². The lowest BCUT2D eigenvalue weighted by atomic mass is 10.1. The zero-order chi connectivity index (χ0) is 24.1. The highest BCUT2D eigenvalue weighted by Gasteiger charge is 2.54. The first-order chi connectivity index (χ1) is 16.6. The molecule has 2 atom stereocenters. The minimum Gasteiger partial charge on any atom is -0.494 e. The van der Waals surface area contributed by atoms with Gasteiger partial charge in [0.15, 0.2) is 12.2 Å². The second-order valence-corrected chi connectivity index (χ2v) is 9.42. The van der Waals surface area contributed by atoms with Gasteiger partial charge in [0.05, 0.1) is 6.61 Å². The molecular formula is C26H39N5O3. The SMILES string of the molecule is CCCCCCCCCCN1C(=O)C2C(N=C3N(c4ccc(OCC)cc4)CCN32)N(C)C1=O. The molecule has 0 radical (unpaired) electrons. The number of aliphatic imine (C=N–C) groups is 1. The Bertz CT molecular complexity index is 887. The molecule has 3 aliphatic heterocycles. The van der Waals surface area contributed by atoms with Crippen LogP contribution in [0.1, 0.15) is 65.2 Å². The van der Waals surface area contributed by atoms with Gasteiger partial charge in [0.1, 0.15) is 5.75 Å². The van der Waals surface area contributed by atoms with E-state index in [1.807, 2.05) is 31.2 Å². The van der Waals surface area contributed by atoms with Crippen molar-refractivity contribution in [3.63, 3.8) is 0 Å². The highest BCUT2D eigenvalue weighted by Crippen LogP contribution is 2.34. The molecule has 34 heavy (non-hydrogen) atoms. The van der Waals surface area contributed by atoms with Gasteiger partial charge < -0.3 is 19.4 Å². The van der Waals surface area contributed by atoms with E-state index in [0.717, 1.165) is 43.2 Å². The molecule has 3 heterocycles. The Morgan fingerprint density at radius 3 is 2.29 bits per heavy atom. The quantitative estimate of drug-likeness (QED) is 0.427. The van der Waals surface area contributed by atoms with Crippen molar-refractivity contribution in [2.24, 2.45) is 4.99 Å². The zero-order valence-electron chi connectivity index (χ0n) is 20.9. The number of carbonyl (C=O) groups is 2. The molecule has 0 aliphatic carbocycles. The third-order valence-corrected chi connectivity index (χ3v) is 7.07. The van der Waals surface area contributed by atoms with Gasteiger partial charge in [0.25, 0.3) is 5.91 Å². The Labute approximate surface area is 203 Å². The first-order valence-electron chi connectivity index (χ1n) is 13.0. The van der Waals surface area contributed by atoms with Gasteiger partial charge in [-0.2, -0.15) is 0 Å². The number of rotatable bonds is 12. The topological polar surface area (TPSA) is 68.7 Å². The summed E-state index contributed by atoms with van der Waals surface area (Å²) in [5.41, 5.74) is 1.01. The number of hydrogen-bond donors (Lipinski definition) is 0. The lowest BCUT2D eigenvalue weighted by Crippen LogP contribution is -2.64. The van der Waals surface area contributed by atoms with Crippen molar-refractivity contribution in [2.45, 2.75) is 77.4 Å². The Morgan fingerprint density at radius 1 is 0.941 bits per heavy atom. The fraction of sp³-hybridized carbons (Fsp3) is 0.654. The molecule has 0 saturated carbocycles. The molecule has 1 aromatic carbocycles. The van der Waals surface area contributed by atoms with Crippen molar-refractivity contribution in [1.82, 2.24) is 14.7 Å². The normalized spacial score (nSPS) is 21.8. The van der Waals surface area contributed by atoms with Crippen molar-refractivity contribution >= 4 is 23.6 Å². The number of hydrogen-bond acceptors (Lipinski definition) is 6. The summed E-state index contributed by atoms with van der Waals surface area (Å²) in [5, 5.41) is 0. The summed E-state index contributed by atoms with van der Waals surface area (Å²) < 4.78 is 5.55. The van der Waals surface area contributed by atoms with E-state index in [0.29, 0.717) is 19.7 Å². The summed E-state index contributed by atoms with van der Waals surface area (Å²) in [6.07, 6.45) is 9.01. The van der Waals surface area contributed by atoms with Crippen LogP contribution in [-0.4, -0.2) is 78.1 Å². The number of anilines is 1. The molecule has 3 aliphatic rings. The summed E-state index contributed by atoms with van der Waals surface area (Å²) in [5.74, 6) is 1.51. The number of unbranched alkanes of at least 4 members (excludes halogenated alkanes) is 7. The fourth-order valence-corrected chi connectivity index (χ4v) is 5.18. The first kappa shape index (κ1) is 24.4. The van der Waals surface area contributed by atoms with Crippen LogP contribution in [0.15, 0.2) is 29.3 Å². The van der Waals surface area contributed by atoms with Crippen molar-refractivity contribution < 1.29 is 14.3 Å². The monoisotopic (exact) mass is 469 g/mol. The average Bonchev–Trinajstić information content (AvgIpc) is 3.42. The molecule has 186 valence electrons. The van der Waals surface area contributed by atoms with Crippen molar-refractivity contribution in [2.75, 3.05) is 38.2 Å². The molecule has 0 aromatic heterocycles. The molecule has 4 rings (SSSR count). The van der Waals surface area contributed by atoms with Crippen molar-refractivity contribution in [3.05, 3.63) is 24.3 Å². The van der Waals surface area contributed by atoms with Crippen LogP contribution in [0.4, 0.5) is 10.5 Å². The molecule has 0 spiro atoms. The maximum Gasteiger partial charge on any atom is 0.328 e. The molecular weight excluding hydrogens is 430 g/mol. The highest BCUT2D eigenvalue weighted by atomic mass is 16.5. The molecule has 8 heteroatoms. The largest absolute Gasteiger partial charge is 0.494 e. The number of benzene rings is 1. The molecule has 0 bridgehead atoms.